The lowest BCUT2D eigenvalue weighted by Gasteiger charge is -2.23. The molecule has 0 atom stereocenters. The first-order chi connectivity index (χ1) is 21.2. The fraction of sp³-hybridized carbons (Fsp3) is 0.0588. The summed E-state index contributed by atoms with van der Waals surface area (Å²) < 4.78 is 36.2. The van der Waals surface area contributed by atoms with Crippen LogP contribution in [0.5, 0.6) is 0 Å². The van der Waals surface area contributed by atoms with Crippen LogP contribution < -0.4 is 23.5 Å². The molecular formula is C34H26Cl3N3O4. The first kappa shape index (κ1) is 31.4. The van der Waals surface area contributed by atoms with Crippen LogP contribution in [-0.4, -0.2) is 16.2 Å². The Balaban J connectivity index is 0.000000712. The first-order valence-corrected chi connectivity index (χ1v) is 15.5. The smallest absolute Gasteiger partial charge is 0.299 e. The maximum absolute atomic E-state index is 8.49. The number of halogens is 3. The Morgan fingerprint density at radius 2 is 1.09 bits per heavy atom. The van der Waals surface area contributed by atoms with Crippen LogP contribution in [0.3, 0.4) is 0 Å². The number of para-hydroxylation sites is 2. The standard InChI is InChI=1S/C34H26Cl2N3.ClHO4/c35-29-19-9-11-21-31(29)38(23-25-13-3-1-4-14-25)33-27-17-7-8-18-28(27)34(37-33)39(24-26-15-5-2-6-16-26)32-22-12-10-20-30(32)36;2-1(3,4)5/h1-22H,23-24H2;(H,2,3,4,5)/q+1;/p-1. The van der Waals surface area contributed by atoms with Gasteiger partial charge in [-0.15, -0.1) is 10.2 Å². The lowest BCUT2D eigenvalue weighted by atomic mass is 10.1. The van der Waals surface area contributed by atoms with Crippen molar-refractivity contribution in [2.45, 2.75) is 13.1 Å². The topological polar surface area (TPSA) is 111 Å². The van der Waals surface area contributed by atoms with Crippen LogP contribution >= 0.6 is 23.2 Å². The quantitative estimate of drug-likeness (QED) is 0.259. The molecule has 6 rings (SSSR count). The van der Waals surface area contributed by atoms with Crippen molar-refractivity contribution in [2.75, 3.05) is 4.90 Å². The maximum atomic E-state index is 8.49. The molecule has 0 unspecified atom stereocenters. The normalized spacial score (nSPS) is 13.4. The molecule has 0 N–H and O–H groups in total. The molecule has 0 saturated heterocycles. The van der Waals surface area contributed by atoms with E-state index in [0.717, 1.165) is 34.2 Å². The van der Waals surface area contributed by atoms with Crippen LogP contribution in [-0.2, 0) is 13.1 Å². The molecule has 5 aromatic carbocycles. The highest BCUT2D eigenvalue weighted by Crippen LogP contribution is 2.34. The Morgan fingerprint density at radius 1 is 0.591 bits per heavy atom. The molecule has 0 bridgehead atoms. The number of aliphatic imine (C=N–C) groups is 1. The fourth-order valence-corrected chi connectivity index (χ4v) is 5.40. The Bertz CT molecular complexity index is 1790. The van der Waals surface area contributed by atoms with Crippen LogP contribution in [0.25, 0.3) is 0 Å². The summed E-state index contributed by atoms with van der Waals surface area (Å²) in [6.07, 6.45) is 0. The second kappa shape index (κ2) is 14.2. The minimum atomic E-state index is -4.94. The first-order valence-electron chi connectivity index (χ1n) is 13.5. The van der Waals surface area contributed by atoms with Crippen LogP contribution in [0.1, 0.15) is 22.3 Å². The molecule has 0 fully saturated rings. The molecule has 1 aliphatic heterocycles. The van der Waals surface area contributed by atoms with Crippen molar-refractivity contribution in [3.63, 3.8) is 0 Å². The molecule has 44 heavy (non-hydrogen) atoms. The highest BCUT2D eigenvalue weighted by atomic mass is 35.7. The molecule has 0 aromatic heterocycles. The van der Waals surface area contributed by atoms with Gasteiger partial charge in [0.2, 0.25) is 0 Å². The molecule has 0 saturated carbocycles. The van der Waals surface area contributed by atoms with E-state index in [0.29, 0.717) is 23.1 Å². The minimum Gasteiger partial charge on any atom is -0.299 e. The Kier molecular flexibility index (Phi) is 10.1. The van der Waals surface area contributed by atoms with Gasteiger partial charge >= 0.3 is 5.84 Å². The van der Waals surface area contributed by atoms with E-state index >= 15 is 0 Å². The molecular weight excluding hydrogens is 621 g/mol. The molecule has 7 nitrogen and oxygen atoms in total. The van der Waals surface area contributed by atoms with Gasteiger partial charge in [-0.3, -0.25) is 4.90 Å². The molecule has 0 spiro atoms. The van der Waals surface area contributed by atoms with Gasteiger partial charge < -0.3 is 0 Å². The van der Waals surface area contributed by atoms with Gasteiger partial charge in [0.1, 0.15) is 12.2 Å². The number of nitrogens with zero attached hydrogens (tertiary/aromatic N) is 3. The second-order valence-electron chi connectivity index (χ2n) is 9.73. The molecule has 222 valence electrons. The van der Waals surface area contributed by atoms with Gasteiger partial charge in [0.05, 0.1) is 33.4 Å². The number of benzene rings is 5. The molecule has 1 heterocycles. The SMILES string of the molecule is Clc1ccccc1N(Cc1ccccc1)C1=NC(=[N+](Cc2ccccc2)c2ccccc2Cl)c2ccccc21.[O-][Cl+3]([O-])([O-])[O-]. The average molecular weight is 647 g/mol. The van der Waals surface area contributed by atoms with Crippen molar-refractivity contribution in [1.29, 1.82) is 0 Å². The van der Waals surface area contributed by atoms with E-state index < -0.39 is 10.2 Å². The lowest BCUT2D eigenvalue weighted by Crippen LogP contribution is -2.68. The van der Waals surface area contributed by atoms with Gasteiger partial charge in [0, 0.05) is 0 Å². The summed E-state index contributed by atoms with van der Waals surface area (Å²) in [5, 5.41) is 1.35. The molecule has 0 amide bonds. The summed E-state index contributed by atoms with van der Waals surface area (Å²) in [6, 6.07) is 45.0. The summed E-state index contributed by atoms with van der Waals surface area (Å²) >= 11 is 13.6. The van der Waals surface area contributed by atoms with Crippen LogP contribution in [0.15, 0.2) is 138 Å². The third-order valence-electron chi connectivity index (χ3n) is 6.79. The Labute approximate surface area is 267 Å². The fourth-order valence-electron chi connectivity index (χ4n) is 4.93. The average Bonchev–Trinajstić information content (AvgIpc) is 3.39. The van der Waals surface area contributed by atoms with E-state index in [2.05, 4.69) is 82.3 Å². The van der Waals surface area contributed by atoms with E-state index in [4.69, 9.17) is 46.8 Å². The number of rotatable bonds is 6. The Hall–Kier alpha value is -4.05. The van der Waals surface area contributed by atoms with E-state index in [1.165, 1.54) is 11.1 Å². The van der Waals surface area contributed by atoms with Crippen molar-refractivity contribution < 1.29 is 33.5 Å². The highest BCUT2D eigenvalue weighted by molar-refractivity contribution is 6.35. The summed E-state index contributed by atoms with van der Waals surface area (Å²) in [5.74, 6) is 1.70. The van der Waals surface area contributed by atoms with Crippen LogP contribution in [0, 0.1) is 10.2 Å². The molecule has 0 radical (unpaired) electrons. The van der Waals surface area contributed by atoms with Gasteiger partial charge in [-0.1, -0.05) is 120 Å². The molecule has 5 aromatic rings. The van der Waals surface area contributed by atoms with Gasteiger partial charge in [-0.25, -0.2) is 23.2 Å². The van der Waals surface area contributed by atoms with E-state index in [9.17, 15) is 0 Å². The van der Waals surface area contributed by atoms with E-state index in [-0.39, 0.29) is 0 Å². The van der Waals surface area contributed by atoms with Gasteiger partial charge in [0.15, 0.2) is 0 Å². The predicted molar refractivity (Wildman–Crippen MR) is 163 cm³/mol. The van der Waals surface area contributed by atoms with E-state index in [1.807, 2.05) is 60.7 Å². The van der Waals surface area contributed by atoms with Crippen LogP contribution in [0.2, 0.25) is 10.0 Å². The predicted octanol–water partition coefficient (Wildman–Crippen LogP) is 4.00. The van der Waals surface area contributed by atoms with E-state index in [1.54, 1.807) is 0 Å². The summed E-state index contributed by atoms with van der Waals surface area (Å²) in [6.45, 7) is 1.24. The lowest BCUT2D eigenvalue weighted by molar-refractivity contribution is -2.00. The molecule has 10 heteroatoms. The number of amidine groups is 2. The zero-order valence-electron chi connectivity index (χ0n) is 23.2. The molecule has 1 aliphatic rings. The summed E-state index contributed by atoms with van der Waals surface area (Å²) in [4.78, 5) is 7.56. The minimum absolute atomic E-state index is 0.621. The third-order valence-corrected chi connectivity index (χ3v) is 7.42. The number of hydrogen-bond acceptors (Lipinski definition) is 5. The van der Waals surface area contributed by atoms with Gasteiger partial charge in [-0.2, -0.15) is 0 Å². The Morgan fingerprint density at radius 3 is 1.70 bits per heavy atom. The zero-order chi connectivity index (χ0) is 31.1. The maximum Gasteiger partial charge on any atom is 0.334 e. The second-order valence-corrected chi connectivity index (χ2v) is 11.3. The number of fused-ring (bicyclic) bond motifs is 1. The zero-order valence-corrected chi connectivity index (χ0v) is 25.5. The van der Waals surface area contributed by atoms with Gasteiger partial charge in [0.25, 0.3) is 5.84 Å². The largest absolute Gasteiger partial charge is 0.334 e. The highest BCUT2D eigenvalue weighted by Gasteiger charge is 2.37. The van der Waals surface area contributed by atoms with Crippen molar-refractivity contribution in [3.05, 3.63) is 166 Å². The van der Waals surface area contributed by atoms with Gasteiger partial charge in [-0.05, 0) is 52.5 Å². The van der Waals surface area contributed by atoms with Crippen molar-refractivity contribution in [3.8, 4) is 0 Å². The summed E-state index contributed by atoms with van der Waals surface area (Å²) in [7, 11) is -4.94. The van der Waals surface area contributed by atoms with Crippen molar-refractivity contribution in [2.24, 2.45) is 4.99 Å². The number of hydrogen-bond donors (Lipinski definition) is 0. The van der Waals surface area contributed by atoms with Crippen molar-refractivity contribution in [1.82, 2.24) is 0 Å². The summed E-state index contributed by atoms with van der Waals surface area (Å²) in [5.41, 5.74) is 6.24. The third kappa shape index (κ3) is 7.91. The van der Waals surface area contributed by atoms with Crippen molar-refractivity contribution >= 4 is 46.2 Å². The monoisotopic (exact) mass is 645 g/mol. The number of anilines is 1. The molecule has 0 aliphatic carbocycles. The van der Waals surface area contributed by atoms with Crippen LogP contribution in [0.4, 0.5) is 11.4 Å².